The molecule has 2 amide bonds. The Kier molecular flexibility index (Phi) is 4.96. The van der Waals surface area contributed by atoms with Crippen LogP contribution in [0.4, 0.5) is 4.79 Å². The molecule has 5 nitrogen and oxygen atoms in total. The number of thiophene rings is 1. The maximum Gasteiger partial charge on any atom is 0.323 e. The zero-order valence-electron chi connectivity index (χ0n) is 9.84. The molecule has 0 aliphatic rings. The van der Waals surface area contributed by atoms with E-state index >= 15 is 0 Å². The second kappa shape index (κ2) is 6.24. The molecule has 1 aromatic heterocycles. The van der Waals surface area contributed by atoms with Crippen LogP contribution in [-0.2, 0) is 11.3 Å². The number of amides is 2. The van der Waals surface area contributed by atoms with Crippen molar-refractivity contribution < 1.29 is 14.7 Å². The van der Waals surface area contributed by atoms with E-state index in [1.807, 2.05) is 17.5 Å². The van der Waals surface area contributed by atoms with Crippen molar-refractivity contribution in [1.29, 1.82) is 0 Å². The monoisotopic (exact) mass is 256 g/mol. The summed E-state index contributed by atoms with van der Waals surface area (Å²) in [6, 6.07) is 3.33. The van der Waals surface area contributed by atoms with Gasteiger partial charge < -0.3 is 15.3 Å². The van der Waals surface area contributed by atoms with Crippen molar-refractivity contribution in [1.82, 2.24) is 10.2 Å². The molecule has 0 spiro atoms. The smallest absolute Gasteiger partial charge is 0.323 e. The normalized spacial score (nSPS) is 10.3. The second-order valence-electron chi connectivity index (χ2n) is 3.85. The Morgan fingerprint density at radius 3 is 2.71 bits per heavy atom. The summed E-state index contributed by atoms with van der Waals surface area (Å²) >= 11 is 1.55. The number of carbonyl (C=O) groups excluding carboxylic acids is 1. The van der Waals surface area contributed by atoms with Crippen LogP contribution in [0.3, 0.4) is 0 Å². The van der Waals surface area contributed by atoms with Gasteiger partial charge in [-0.15, -0.1) is 11.3 Å². The van der Waals surface area contributed by atoms with Gasteiger partial charge >= 0.3 is 12.0 Å². The Balaban J connectivity index is 2.50. The standard InChI is InChI=1S/C11H16N2O3S/c1-8(2)13(7-10(14)15)11(16)12-6-9-4-3-5-17-9/h3-5,8H,6-7H2,1-2H3,(H,12,16)(H,14,15). The first-order valence-corrected chi connectivity index (χ1v) is 6.17. The fourth-order valence-corrected chi connectivity index (χ4v) is 1.96. The topological polar surface area (TPSA) is 69.6 Å². The van der Waals surface area contributed by atoms with Gasteiger partial charge in [-0.25, -0.2) is 4.79 Å². The van der Waals surface area contributed by atoms with Gasteiger partial charge in [0.05, 0.1) is 6.54 Å². The second-order valence-corrected chi connectivity index (χ2v) is 4.89. The number of carbonyl (C=O) groups is 2. The fourth-order valence-electron chi connectivity index (χ4n) is 1.31. The maximum atomic E-state index is 11.8. The van der Waals surface area contributed by atoms with E-state index in [1.54, 1.807) is 25.2 Å². The first-order chi connectivity index (χ1) is 8.00. The third-order valence-electron chi connectivity index (χ3n) is 2.18. The number of nitrogens with zero attached hydrogens (tertiary/aromatic N) is 1. The Bertz CT molecular complexity index is 376. The lowest BCUT2D eigenvalue weighted by atomic mass is 10.3. The lowest BCUT2D eigenvalue weighted by Gasteiger charge is -2.24. The molecule has 0 aromatic carbocycles. The molecule has 0 fully saturated rings. The average molecular weight is 256 g/mol. The molecule has 0 saturated heterocycles. The van der Waals surface area contributed by atoms with E-state index in [0.717, 1.165) is 4.88 Å². The number of hydrogen-bond donors (Lipinski definition) is 2. The number of nitrogens with one attached hydrogen (secondary N) is 1. The van der Waals surface area contributed by atoms with Crippen LogP contribution < -0.4 is 5.32 Å². The minimum Gasteiger partial charge on any atom is -0.480 e. The van der Waals surface area contributed by atoms with E-state index in [9.17, 15) is 9.59 Å². The van der Waals surface area contributed by atoms with Crippen LogP contribution in [0.2, 0.25) is 0 Å². The Hall–Kier alpha value is -1.56. The third kappa shape index (κ3) is 4.44. The van der Waals surface area contributed by atoms with Crippen LogP contribution in [0.15, 0.2) is 17.5 Å². The molecule has 1 rings (SSSR count). The average Bonchev–Trinajstić information content (AvgIpc) is 2.74. The summed E-state index contributed by atoms with van der Waals surface area (Å²) in [6.45, 7) is 3.72. The number of urea groups is 1. The number of carboxylic acid groups (broad SMARTS) is 1. The lowest BCUT2D eigenvalue weighted by molar-refractivity contribution is -0.138. The molecule has 17 heavy (non-hydrogen) atoms. The molecule has 2 N–H and O–H groups in total. The molecule has 94 valence electrons. The first kappa shape index (κ1) is 13.5. The van der Waals surface area contributed by atoms with Crippen molar-refractivity contribution in [3.63, 3.8) is 0 Å². The highest BCUT2D eigenvalue weighted by atomic mass is 32.1. The van der Waals surface area contributed by atoms with Crippen LogP contribution in [0.5, 0.6) is 0 Å². The number of carboxylic acids is 1. The summed E-state index contributed by atoms with van der Waals surface area (Å²) in [7, 11) is 0. The van der Waals surface area contributed by atoms with Crippen molar-refractivity contribution in [3.05, 3.63) is 22.4 Å². The van der Waals surface area contributed by atoms with Gasteiger partial charge in [-0.05, 0) is 25.3 Å². The van der Waals surface area contributed by atoms with Crippen molar-refractivity contribution >= 4 is 23.3 Å². The lowest BCUT2D eigenvalue weighted by Crippen LogP contribution is -2.46. The van der Waals surface area contributed by atoms with Gasteiger partial charge in [0.2, 0.25) is 0 Å². The van der Waals surface area contributed by atoms with Crippen molar-refractivity contribution in [2.75, 3.05) is 6.54 Å². The fraction of sp³-hybridized carbons (Fsp3) is 0.455. The summed E-state index contributed by atoms with van der Waals surface area (Å²) in [5, 5.41) is 13.3. The van der Waals surface area contributed by atoms with Crippen LogP contribution in [0, 0.1) is 0 Å². The Morgan fingerprint density at radius 2 is 2.24 bits per heavy atom. The van der Waals surface area contributed by atoms with Crippen LogP contribution in [0.1, 0.15) is 18.7 Å². The largest absolute Gasteiger partial charge is 0.480 e. The number of hydrogen-bond acceptors (Lipinski definition) is 3. The summed E-state index contributed by atoms with van der Waals surface area (Å²) in [5.41, 5.74) is 0. The van der Waals surface area contributed by atoms with Crippen LogP contribution >= 0.6 is 11.3 Å². The number of rotatable bonds is 5. The summed E-state index contributed by atoms with van der Waals surface area (Å²) < 4.78 is 0. The van der Waals surface area contributed by atoms with Crippen LogP contribution in [0.25, 0.3) is 0 Å². The van der Waals surface area contributed by atoms with Gasteiger partial charge in [-0.2, -0.15) is 0 Å². The van der Waals surface area contributed by atoms with Gasteiger partial charge in [-0.1, -0.05) is 6.07 Å². The molecule has 1 aromatic rings. The van der Waals surface area contributed by atoms with E-state index in [0.29, 0.717) is 6.54 Å². The third-order valence-corrected chi connectivity index (χ3v) is 3.06. The zero-order valence-corrected chi connectivity index (χ0v) is 10.7. The summed E-state index contributed by atoms with van der Waals surface area (Å²) in [5.74, 6) is -1.01. The highest BCUT2D eigenvalue weighted by molar-refractivity contribution is 7.09. The summed E-state index contributed by atoms with van der Waals surface area (Å²) in [6.07, 6.45) is 0. The van der Waals surface area contributed by atoms with Gasteiger partial charge in [-0.3, -0.25) is 4.79 Å². The predicted octanol–water partition coefficient (Wildman–Crippen LogP) is 1.75. The van der Waals surface area contributed by atoms with Crippen molar-refractivity contribution in [3.8, 4) is 0 Å². The van der Waals surface area contributed by atoms with Crippen molar-refractivity contribution in [2.45, 2.75) is 26.4 Å². The molecule has 6 heteroatoms. The first-order valence-electron chi connectivity index (χ1n) is 5.29. The minimum absolute atomic E-state index is 0.144. The van der Waals surface area contributed by atoms with Crippen LogP contribution in [-0.4, -0.2) is 34.6 Å². The highest BCUT2D eigenvalue weighted by Gasteiger charge is 2.19. The maximum absolute atomic E-state index is 11.8. The molecule has 0 saturated carbocycles. The van der Waals surface area contributed by atoms with Gasteiger partial charge in [0, 0.05) is 10.9 Å². The Morgan fingerprint density at radius 1 is 1.53 bits per heavy atom. The molecular weight excluding hydrogens is 240 g/mol. The van der Waals surface area contributed by atoms with E-state index in [4.69, 9.17) is 5.11 Å². The van der Waals surface area contributed by atoms with Gasteiger partial charge in [0.25, 0.3) is 0 Å². The molecule has 0 unspecified atom stereocenters. The van der Waals surface area contributed by atoms with E-state index in [1.165, 1.54) is 4.90 Å². The molecular formula is C11H16N2O3S. The molecule has 0 bridgehead atoms. The predicted molar refractivity (Wildman–Crippen MR) is 66.0 cm³/mol. The van der Waals surface area contributed by atoms with Crippen molar-refractivity contribution in [2.24, 2.45) is 0 Å². The SMILES string of the molecule is CC(C)N(CC(=O)O)C(=O)NCc1cccs1. The summed E-state index contributed by atoms with van der Waals surface area (Å²) in [4.78, 5) is 24.7. The van der Waals surface area contributed by atoms with E-state index < -0.39 is 5.97 Å². The van der Waals surface area contributed by atoms with E-state index in [-0.39, 0.29) is 18.6 Å². The zero-order chi connectivity index (χ0) is 12.8. The van der Waals surface area contributed by atoms with Gasteiger partial charge in [0.1, 0.15) is 6.54 Å². The highest BCUT2D eigenvalue weighted by Crippen LogP contribution is 2.08. The quantitative estimate of drug-likeness (QED) is 0.843. The molecule has 1 heterocycles. The Labute approximate surface area is 104 Å². The molecule has 0 aliphatic carbocycles. The number of aliphatic carboxylic acids is 1. The molecule has 0 atom stereocenters. The molecule has 0 aliphatic heterocycles. The minimum atomic E-state index is -1.01. The molecule has 0 radical (unpaired) electrons. The van der Waals surface area contributed by atoms with E-state index in [2.05, 4.69) is 5.32 Å². The van der Waals surface area contributed by atoms with Gasteiger partial charge in [0.15, 0.2) is 0 Å².